The van der Waals surface area contributed by atoms with Gasteiger partial charge in [0.15, 0.2) is 0 Å². The van der Waals surface area contributed by atoms with E-state index in [1.54, 1.807) is 12.3 Å². The number of aromatic nitrogens is 1. The molecule has 0 spiro atoms. The maximum Gasteiger partial charge on any atom is 0.125 e. The van der Waals surface area contributed by atoms with E-state index in [4.69, 9.17) is 0 Å². The molecule has 0 amide bonds. The summed E-state index contributed by atoms with van der Waals surface area (Å²) in [6.07, 6.45) is 2.89. The Balaban J connectivity index is 2.13. The number of halogens is 1. The van der Waals surface area contributed by atoms with Crippen LogP contribution in [0.15, 0.2) is 42.6 Å². The zero-order valence-corrected chi connectivity index (χ0v) is 11.9. The van der Waals surface area contributed by atoms with Crippen molar-refractivity contribution in [1.82, 2.24) is 10.3 Å². The molecule has 1 aromatic carbocycles. The highest BCUT2D eigenvalue weighted by Gasteiger charge is 2.06. The highest BCUT2D eigenvalue weighted by atomic mass is 19.1. The van der Waals surface area contributed by atoms with Crippen molar-refractivity contribution >= 4 is 11.4 Å². The van der Waals surface area contributed by atoms with Crippen molar-refractivity contribution in [2.24, 2.45) is 0 Å². The third-order valence-electron chi connectivity index (χ3n) is 3.12. The predicted molar refractivity (Wildman–Crippen MR) is 80.7 cm³/mol. The highest BCUT2D eigenvalue weighted by Crippen LogP contribution is 2.23. The minimum Gasteiger partial charge on any atom is -0.344 e. The highest BCUT2D eigenvalue weighted by molar-refractivity contribution is 5.62. The van der Waals surface area contributed by atoms with Crippen molar-refractivity contribution in [3.05, 3.63) is 54.1 Å². The second kappa shape index (κ2) is 7.01. The monoisotopic (exact) mass is 273 g/mol. The lowest BCUT2D eigenvalue weighted by molar-refractivity contribution is 0.628. The second-order valence-electron chi connectivity index (χ2n) is 4.72. The molecule has 0 unspecified atom stereocenters. The Morgan fingerprint density at radius 1 is 1.20 bits per heavy atom. The molecule has 0 fully saturated rings. The van der Waals surface area contributed by atoms with Crippen LogP contribution in [0.2, 0.25) is 0 Å². The Morgan fingerprint density at radius 3 is 2.75 bits per heavy atom. The number of benzene rings is 1. The normalized spacial score (nSPS) is 10.6. The Labute approximate surface area is 119 Å². The van der Waals surface area contributed by atoms with Crippen LogP contribution < -0.4 is 10.2 Å². The van der Waals surface area contributed by atoms with Gasteiger partial charge >= 0.3 is 0 Å². The molecular formula is C16H20FN3. The molecule has 0 saturated heterocycles. The first kappa shape index (κ1) is 14.5. The van der Waals surface area contributed by atoms with E-state index in [0.29, 0.717) is 0 Å². The molecule has 4 heteroatoms. The minimum absolute atomic E-state index is 0.228. The molecule has 0 atom stereocenters. The lowest BCUT2D eigenvalue weighted by Crippen LogP contribution is -2.16. The van der Waals surface area contributed by atoms with Crippen LogP contribution in [0.3, 0.4) is 0 Å². The first-order valence-corrected chi connectivity index (χ1v) is 6.85. The SMILES string of the molecule is CCCNCc1cc(N(C)c2cccc(F)c2)ccn1. The van der Waals surface area contributed by atoms with Crippen molar-refractivity contribution in [2.45, 2.75) is 19.9 Å². The number of pyridine rings is 1. The fraction of sp³-hybridized carbons (Fsp3) is 0.312. The molecule has 0 aliphatic rings. The van der Waals surface area contributed by atoms with E-state index in [0.717, 1.165) is 36.6 Å². The molecule has 0 aliphatic heterocycles. The van der Waals surface area contributed by atoms with Gasteiger partial charge in [-0.25, -0.2) is 4.39 Å². The Kier molecular flexibility index (Phi) is 5.07. The Bertz CT molecular complexity index is 557. The summed E-state index contributed by atoms with van der Waals surface area (Å²) in [6, 6.07) is 10.5. The second-order valence-corrected chi connectivity index (χ2v) is 4.72. The molecule has 1 N–H and O–H groups in total. The van der Waals surface area contributed by atoms with Crippen LogP contribution in [0.1, 0.15) is 19.0 Å². The lowest BCUT2D eigenvalue weighted by atomic mass is 10.2. The summed E-state index contributed by atoms with van der Waals surface area (Å²) in [5.41, 5.74) is 2.81. The molecule has 0 radical (unpaired) electrons. The summed E-state index contributed by atoms with van der Waals surface area (Å²) < 4.78 is 13.3. The largest absolute Gasteiger partial charge is 0.344 e. The molecule has 3 nitrogen and oxygen atoms in total. The minimum atomic E-state index is -0.228. The number of hydrogen-bond acceptors (Lipinski definition) is 3. The fourth-order valence-corrected chi connectivity index (χ4v) is 2.00. The molecular weight excluding hydrogens is 253 g/mol. The van der Waals surface area contributed by atoms with Crippen LogP contribution in [-0.2, 0) is 6.54 Å². The number of nitrogens with one attached hydrogen (secondary N) is 1. The molecule has 1 aromatic heterocycles. The van der Waals surface area contributed by atoms with Crippen LogP contribution in [0.25, 0.3) is 0 Å². The van der Waals surface area contributed by atoms with Gasteiger partial charge in [0.1, 0.15) is 5.82 Å². The summed E-state index contributed by atoms with van der Waals surface area (Å²) in [7, 11) is 1.92. The van der Waals surface area contributed by atoms with Gasteiger partial charge in [-0.05, 0) is 43.3 Å². The zero-order chi connectivity index (χ0) is 14.4. The zero-order valence-electron chi connectivity index (χ0n) is 11.9. The topological polar surface area (TPSA) is 28.2 Å². The maximum absolute atomic E-state index is 13.3. The number of hydrogen-bond donors (Lipinski definition) is 1. The van der Waals surface area contributed by atoms with Crippen LogP contribution in [-0.4, -0.2) is 18.6 Å². The van der Waals surface area contributed by atoms with Crippen molar-refractivity contribution in [1.29, 1.82) is 0 Å². The first-order valence-electron chi connectivity index (χ1n) is 6.85. The van der Waals surface area contributed by atoms with E-state index in [9.17, 15) is 4.39 Å². The van der Waals surface area contributed by atoms with E-state index >= 15 is 0 Å². The van der Waals surface area contributed by atoms with Gasteiger partial charge in [0, 0.05) is 31.2 Å². The van der Waals surface area contributed by atoms with Gasteiger partial charge in [-0.2, -0.15) is 0 Å². The van der Waals surface area contributed by atoms with Gasteiger partial charge in [-0.1, -0.05) is 13.0 Å². The van der Waals surface area contributed by atoms with E-state index in [1.807, 2.05) is 30.1 Å². The summed E-state index contributed by atoms with van der Waals surface area (Å²) in [5.74, 6) is -0.228. The maximum atomic E-state index is 13.3. The van der Waals surface area contributed by atoms with E-state index < -0.39 is 0 Å². The van der Waals surface area contributed by atoms with Crippen LogP contribution in [0.5, 0.6) is 0 Å². The predicted octanol–water partition coefficient (Wildman–Crippen LogP) is 3.49. The molecule has 2 aromatic rings. The van der Waals surface area contributed by atoms with E-state index in [1.165, 1.54) is 12.1 Å². The van der Waals surface area contributed by atoms with E-state index in [2.05, 4.69) is 17.2 Å². The Hall–Kier alpha value is -1.94. The molecule has 20 heavy (non-hydrogen) atoms. The number of anilines is 2. The van der Waals surface area contributed by atoms with Gasteiger partial charge < -0.3 is 10.2 Å². The first-order chi connectivity index (χ1) is 9.70. The number of nitrogens with zero attached hydrogens (tertiary/aromatic N) is 2. The molecule has 1 heterocycles. The van der Waals surface area contributed by atoms with Gasteiger partial charge in [0.05, 0.1) is 5.69 Å². The quantitative estimate of drug-likeness (QED) is 0.817. The molecule has 0 bridgehead atoms. The molecule has 0 aliphatic carbocycles. The van der Waals surface area contributed by atoms with Crippen molar-refractivity contribution in [2.75, 3.05) is 18.5 Å². The lowest BCUT2D eigenvalue weighted by Gasteiger charge is -2.20. The van der Waals surface area contributed by atoms with Gasteiger partial charge in [-0.15, -0.1) is 0 Å². The average molecular weight is 273 g/mol. The summed E-state index contributed by atoms with van der Waals surface area (Å²) in [5, 5.41) is 3.33. The fourth-order valence-electron chi connectivity index (χ4n) is 2.00. The smallest absolute Gasteiger partial charge is 0.125 e. The van der Waals surface area contributed by atoms with Crippen molar-refractivity contribution < 1.29 is 4.39 Å². The molecule has 2 rings (SSSR count). The molecule has 0 saturated carbocycles. The summed E-state index contributed by atoms with van der Waals surface area (Å²) >= 11 is 0. The third-order valence-corrected chi connectivity index (χ3v) is 3.12. The van der Waals surface area contributed by atoms with Gasteiger partial charge in [0.2, 0.25) is 0 Å². The average Bonchev–Trinajstić information content (AvgIpc) is 2.47. The number of rotatable bonds is 6. The van der Waals surface area contributed by atoms with Crippen LogP contribution in [0, 0.1) is 5.82 Å². The Morgan fingerprint density at radius 2 is 2.00 bits per heavy atom. The van der Waals surface area contributed by atoms with Gasteiger partial charge in [-0.3, -0.25) is 4.98 Å². The van der Waals surface area contributed by atoms with Crippen molar-refractivity contribution in [3.8, 4) is 0 Å². The van der Waals surface area contributed by atoms with Gasteiger partial charge in [0.25, 0.3) is 0 Å². The van der Waals surface area contributed by atoms with Crippen molar-refractivity contribution in [3.63, 3.8) is 0 Å². The third kappa shape index (κ3) is 3.78. The molecule has 106 valence electrons. The summed E-state index contributed by atoms with van der Waals surface area (Å²) in [6.45, 7) is 3.86. The standard InChI is InChI=1S/C16H20FN3/c1-3-8-18-12-14-11-16(7-9-19-14)20(2)15-6-4-5-13(17)10-15/h4-7,9-11,18H,3,8,12H2,1-2H3. The van der Waals surface area contributed by atoms with E-state index in [-0.39, 0.29) is 5.82 Å². The summed E-state index contributed by atoms with van der Waals surface area (Å²) in [4.78, 5) is 6.29. The van der Waals surface area contributed by atoms with Crippen LogP contribution >= 0.6 is 0 Å². The van der Waals surface area contributed by atoms with Crippen LogP contribution in [0.4, 0.5) is 15.8 Å².